The average Bonchev–Trinajstić information content (AvgIpc) is 2.74. The van der Waals surface area contributed by atoms with Crippen molar-refractivity contribution < 1.29 is 0 Å². The van der Waals surface area contributed by atoms with Crippen LogP contribution in [0.4, 0.5) is 0 Å². The molecule has 0 aliphatic heterocycles. The number of thioether (sulfide) groups is 1. The number of benzene rings is 1. The third-order valence-corrected chi connectivity index (χ3v) is 5.36. The number of hydrogen-bond donors (Lipinski definition) is 1. The predicted molar refractivity (Wildman–Crippen MR) is 78.4 cm³/mol. The van der Waals surface area contributed by atoms with Crippen LogP contribution in [0.2, 0.25) is 10.0 Å². The Balaban J connectivity index is 2.00. The van der Waals surface area contributed by atoms with Crippen molar-refractivity contribution in [2.75, 3.05) is 5.75 Å². The molecule has 1 aromatic carbocycles. The summed E-state index contributed by atoms with van der Waals surface area (Å²) in [4.78, 5) is 2.09. The van der Waals surface area contributed by atoms with Crippen LogP contribution in [0.3, 0.4) is 0 Å². The topological polar surface area (TPSA) is 26.0 Å². The van der Waals surface area contributed by atoms with Gasteiger partial charge in [0.1, 0.15) is 0 Å². The second kappa shape index (κ2) is 6.12. The summed E-state index contributed by atoms with van der Waals surface area (Å²) >= 11 is 15.4. The van der Waals surface area contributed by atoms with Crippen molar-refractivity contribution >= 4 is 46.3 Å². The fourth-order valence-corrected chi connectivity index (χ4v) is 3.90. The van der Waals surface area contributed by atoms with Crippen molar-refractivity contribution in [2.45, 2.75) is 10.9 Å². The van der Waals surface area contributed by atoms with E-state index in [2.05, 4.69) is 0 Å². The van der Waals surface area contributed by atoms with Crippen molar-refractivity contribution in [1.82, 2.24) is 0 Å². The third kappa shape index (κ3) is 3.39. The Bertz CT molecular complexity index is 499. The Labute approximate surface area is 119 Å². The van der Waals surface area contributed by atoms with E-state index >= 15 is 0 Å². The number of thiophene rings is 1. The Morgan fingerprint density at radius 1 is 1.18 bits per heavy atom. The van der Waals surface area contributed by atoms with Crippen LogP contribution in [0.15, 0.2) is 40.6 Å². The van der Waals surface area contributed by atoms with Gasteiger partial charge in [-0.1, -0.05) is 35.3 Å². The summed E-state index contributed by atoms with van der Waals surface area (Å²) in [5.74, 6) is 0.768. The average molecular weight is 304 g/mol. The summed E-state index contributed by atoms with van der Waals surface area (Å²) in [7, 11) is 0. The quantitative estimate of drug-likeness (QED) is 0.817. The maximum absolute atomic E-state index is 6.10. The van der Waals surface area contributed by atoms with Crippen LogP contribution in [0.25, 0.3) is 0 Å². The van der Waals surface area contributed by atoms with Gasteiger partial charge in [0.25, 0.3) is 0 Å². The van der Waals surface area contributed by atoms with Crippen LogP contribution in [0.1, 0.15) is 10.9 Å². The molecule has 0 fully saturated rings. The van der Waals surface area contributed by atoms with Crippen LogP contribution >= 0.6 is 46.3 Å². The first kappa shape index (κ1) is 13.2. The van der Waals surface area contributed by atoms with Gasteiger partial charge in [0.2, 0.25) is 0 Å². The maximum Gasteiger partial charge on any atom is 0.0561 e. The highest BCUT2D eigenvalue weighted by Crippen LogP contribution is 2.33. The molecule has 1 unspecified atom stereocenters. The molecule has 0 radical (unpaired) electrons. The van der Waals surface area contributed by atoms with Gasteiger partial charge in [0, 0.05) is 21.6 Å². The molecule has 5 heteroatoms. The van der Waals surface area contributed by atoms with Crippen LogP contribution in [0.5, 0.6) is 0 Å². The van der Waals surface area contributed by atoms with Gasteiger partial charge < -0.3 is 5.73 Å². The molecule has 0 amide bonds. The normalized spacial score (nSPS) is 12.6. The van der Waals surface area contributed by atoms with E-state index in [1.54, 1.807) is 23.1 Å². The lowest BCUT2D eigenvalue weighted by Crippen LogP contribution is -2.11. The van der Waals surface area contributed by atoms with Crippen LogP contribution in [0, 0.1) is 0 Å². The molecule has 1 nitrogen and oxygen atoms in total. The lowest BCUT2D eigenvalue weighted by Gasteiger charge is -2.10. The Morgan fingerprint density at radius 2 is 1.94 bits per heavy atom. The first-order valence-electron chi connectivity index (χ1n) is 5.04. The molecule has 0 saturated heterocycles. The molecule has 0 saturated carbocycles. The standard InChI is InChI=1S/C12H11Cl2NS2/c13-8-3-1-2-4-11(8)17-7-10(15)12-9(14)5-6-16-12/h1-6,10H,7,15H2. The monoisotopic (exact) mass is 303 g/mol. The summed E-state index contributed by atoms with van der Waals surface area (Å²) in [6.07, 6.45) is 0. The molecule has 1 atom stereocenters. The molecule has 17 heavy (non-hydrogen) atoms. The summed E-state index contributed by atoms with van der Waals surface area (Å²) in [5.41, 5.74) is 6.10. The Kier molecular flexibility index (Phi) is 4.77. The van der Waals surface area contributed by atoms with Gasteiger partial charge in [0.15, 0.2) is 0 Å². The zero-order valence-electron chi connectivity index (χ0n) is 8.90. The summed E-state index contributed by atoms with van der Waals surface area (Å²) < 4.78 is 0. The second-order valence-corrected chi connectivity index (χ2v) is 6.30. The van der Waals surface area contributed by atoms with Gasteiger partial charge in [-0.2, -0.15) is 0 Å². The Hall–Kier alpha value is -0.190. The largest absolute Gasteiger partial charge is 0.323 e. The SMILES string of the molecule is NC(CSc1ccccc1Cl)c1sccc1Cl. The predicted octanol–water partition coefficient (Wildman–Crippen LogP) is 4.85. The van der Waals surface area contributed by atoms with Crippen molar-refractivity contribution in [2.24, 2.45) is 5.73 Å². The van der Waals surface area contributed by atoms with E-state index in [4.69, 9.17) is 28.9 Å². The van der Waals surface area contributed by atoms with Gasteiger partial charge in [-0.25, -0.2) is 0 Å². The van der Waals surface area contributed by atoms with E-state index in [-0.39, 0.29) is 6.04 Å². The van der Waals surface area contributed by atoms with Crippen molar-refractivity contribution in [3.05, 3.63) is 50.6 Å². The fraction of sp³-hybridized carbons (Fsp3) is 0.167. The Morgan fingerprint density at radius 3 is 2.59 bits per heavy atom. The minimum absolute atomic E-state index is 0.0521. The van der Waals surface area contributed by atoms with Gasteiger partial charge in [0.05, 0.1) is 10.0 Å². The van der Waals surface area contributed by atoms with Gasteiger partial charge in [-0.3, -0.25) is 0 Å². The van der Waals surface area contributed by atoms with Crippen molar-refractivity contribution in [3.8, 4) is 0 Å². The highest BCUT2D eigenvalue weighted by molar-refractivity contribution is 7.99. The molecular formula is C12H11Cl2NS2. The summed E-state index contributed by atoms with van der Waals surface area (Å²) in [5, 5.41) is 3.47. The zero-order chi connectivity index (χ0) is 12.3. The smallest absolute Gasteiger partial charge is 0.0561 e. The minimum atomic E-state index is -0.0521. The van der Waals surface area contributed by atoms with E-state index in [1.807, 2.05) is 35.7 Å². The third-order valence-electron chi connectivity index (χ3n) is 2.24. The molecule has 1 aromatic heterocycles. The minimum Gasteiger partial charge on any atom is -0.323 e. The molecule has 2 N–H and O–H groups in total. The van der Waals surface area contributed by atoms with Crippen molar-refractivity contribution in [3.63, 3.8) is 0 Å². The molecule has 0 spiro atoms. The molecular weight excluding hydrogens is 293 g/mol. The fourth-order valence-electron chi connectivity index (χ4n) is 1.39. The molecule has 1 heterocycles. The lowest BCUT2D eigenvalue weighted by atomic mass is 10.3. The van der Waals surface area contributed by atoms with Crippen LogP contribution in [-0.2, 0) is 0 Å². The first-order valence-corrected chi connectivity index (χ1v) is 7.66. The van der Waals surface area contributed by atoms with E-state index in [0.29, 0.717) is 0 Å². The lowest BCUT2D eigenvalue weighted by molar-refractivity contribution is 0.852. The second-order valence-electron chi connectivity index (χ2n) is 3.48. The molecule has 90 valence electrons. The molecule has 0 aliphatic rings. The molecule has 0 bridgehead atoms. The number of hydrogen-bond acceptors (Lipinski definition) is 3. The van der Waals surface area contributed by atoms with E-state index in [1.165, 1.54) is 0 Å². The zero-order valence-corrected chi connectivity index (χ0v) is 12.0. The maximum atomic E-state index is 6.10. The molecule has 2 aromatic rings. The van der Waals surface area contributed by atoms with Crippen LogP contribution in [-0.4, -0.2) is 5.75 Å². The van der Waals surface area contributed by atoms with E-state index in [9.17, 15) is 0 Å². The van der Waals surface area contributed by atoms with Crippen molar-refractivity contribution in [1.29, 1.82) is 0 Å². The van der Waals surface area contributed by atoms with E-state index in [0.717, 1.165) is 25.6 Å². The molecule has 0 aliphatic carbocycles. The van der Waals surface area contributed by atoms with Gasteiger partial charge in [-0.15, -0.1) is 23.1 Å². The number of rotatable bonds is 4. The highest BCUT2D eigenvalue weighted by atomic mass is 35.5. The first-order chi connectivity index (χ1) is 8.18. The van der Waals surface area contributed by atoms with Gasteiger partial charge >= 0.3 is 0 Å². The van der Waals surface area contributed by atoms with Crippen LogP contribution < -0.4 is 5.73 Å². The summed E-state index contributed by atoms with van der Waals surface area (Å²) in [6.45, 7) is 0. The number of halogens is 2. The highest BCUT2D eigenvalue weighted by Gasteiger charge is 2.12. The summed E-state index contributed by atoms with van der Waals surface area (Å²) in [6, 6.07) is 9.59. The van der Waals surface area contributed by atoms with E-state index < -0.39 is 0 Å². The molecule has 2 rings (SSSR count). The van der Waals surface area contributed by atoms with Gasteiger partial charge in [-0.05, 0) is 23.6 Å². The number of nitrogens with two attached hydrogens (primary N) is 1.